The molecule has 0 aliphatic carbocycles. The van der Waals surface area contributed by atoms with E-state index in [4.69, 9.17) is 4.52 Å². The largest absolute Gasteiger partial charge is 0.334 e. The van der Waals surface area contributed by atoms with Crippen LogP contribution in [0.5, 0.6) is 0 Å². The standard InChI is InChI=1S/C18H10F2N2O/c19-13-8-12(9-14(20)10-13)17-21-18(23-22-17)16-7-3-5-11-4-1-2-6-15(11)16/h1-10H. The maximum atomic E-state index is 13.3. The van der Waals surface area contributed by atoms with Crippen LogP contribution in [0.4, 0.5) is 8.78 Å². The molecule has 0 bridgehead atoms. The summed E-state index contributed by atoms with van der Waals surface area (Å²) in [6, 6.07) is 16.7. The highest BCUT2D eigenvalue weighted by Crippen LogP contribution is 2.29. The van der Waals surface area contributed by atoms with Crippen molar-refractivity contribution in [3.8, 4) is 22.8 Å². The summed E-state index contributed by atoms with van der Waals surface area (Å²) in [7, 11) is 0. The van der Waals surface area contributed by atoms with Gasteiger partial charge in [0, 0.05) is 17.2 Å². The lowest BCUT2D eigenvalue weighted by molar-refractivity contribution is 0.432. The van der Waals surface area contributed by atoms with E-state index in [1.807, 2.05) is 42.5 Å². The van der Waals surface area contributed by atoms with E-state index in [1.54, 1.807) is 0 Å². The first-order chi connectivity index (χ1) is 11.2. The van der Waals surface area contributed by atoms with Crippen LogP contribution in [0, 0.1) is 11.6 Å². The molecule has 1 aromatic heterocycles. The van der Waals surface area contributed by atoms with Crippen molar-refractivity contribution >= 4 is 10.8 Å². The van der Waals surface area contributed by atoms with Crippen molar-refractivity contribution in [3.63, 3.8) is 0 Å². The number of hydrogen-bond acceptors (Lipinski definition) is 3. The fourth-order valence-electron chi connectivity index (χ4n) is 2.54. The number of nitrogens with zero attached hydrogens (tertiary/aromatic N) is 2. The molecule has 0 fully saturated rings. The summed E-state index contributed by atoms with van der Waals surface area (Å²) in [5.41, 5.74) is 1.01. The zero-order valence-electron chi connectivity index (χ0n) is 11.8. The van der Waals surface area contributed by atoms with Gasteiger partial charge in [0.05, 0.1) is 0 Å². The summed E-state index contributed by atoms with van der Waals surface area (Å²) >= 11 is 0. The zero-order chi connectivity index (χ0) is 15.8. The van der Waals surface area contributed by atoms with Gasteiger partial charge in [-0.15, -0.1) is 0 Å². The summed E-state index contributed by atoms with van der Waals surface area (Å²) in [4.78, 5) is 4.27. The quantitative estimate of drug-likeness (QED) is 0.532. The van der Waals surface area contributed by atoms with Gasteiger partial charge in [-0.25, -0.2) is 8.78 Å². The zero-order valence-corrected chi connectivity index (χ0v) is 11.8. The molecule has 0 atom stereocenters. The summed E-state index contributed by atoms with van der Waals surface area (Å²) in [6.07, 6.45) is 0. The van der Waals surface area contributed by atoms with Gasteiger partial charge < -0.3 is 4.52 Å². The molecule has 112 valence electrons. The fourth-order valence-corrected chi connectivity index (χ4v) is 2.54. The minimum absolute atomic E-state index is 0.145. The minimum Gasteiger partial charge on any atom is -0.334 e. The lowest BCUT2D eigenvalue weighted by atomic mass is 10.0. The molecule has 23 heavy (non-hydrogen) atoms. The predicted octanol–water partition coefficient (Wildman–Crippen LogP) is 4.84. The second-order valence-electron chi connectivity index (χ2n) is 5.11. The average Bonchev–Trinajstić information content (AvgIpc) is 3.03. The molecule has 5 heteroatoms. The van der Waals surface area contributed by atoms with E-state index in [-0.39, 0.29) is 11.4 Å². The van der Waals surface area contributed by atoms with Gasteiger partial charge in [-0.2, -0.15) is 4.98 Å². The molecular formula is C18H10F2N2O. The van der Waals surface area contributed by atoms with E-state index < -0.39 is 11.6 Å². The van der Waals surface area contributed by atoms with Gasteiger partial charge in [0.25, 0.3) is 5.89 Å². The molecule has 0 saturated carbocycles. The van der Waals surface area contributed by atoms with Crippen LogP contribution < -0.4 is 0 Å². The van der Waals surface area contributed by atoms with Gasteiger partial charge in [0.1, 0.15) is 11.6 Å². The van der Waals surface area contributed by atoms with Crippen LogP contribution in [0.15, 0.2) is 65.2 Å². The maximum absolute atomic E-state index is 13.3. The van der Waals surface area contributed by atoms with E-state index in [0.717, 1.165) is 22.4 Å². The molecule has 4 aromatic rings. The molecule has 1 heterocycles. The van der Waals surface area contributed by atoms with Crippen molar-refractivity contribution in [2.45, 2.75) is 0 Å². The summed E-state index contributed by atoms with van der Waals surface area (Å²) < 4.78 is 31.9. The van der Waals surface area contributed by atoms with Gasteiger partial charge >= 0.3 is 0 Å². The Balaban J connectivity index is 1.84. The summed E-state index contributed by atoms with van der Waals surface area (Å²) in [6.45, 7) is 0. The van der Waals surface area contributed by atoms with Crippen LogP contribution in [0.1, 0.15) is 0 Å². The Kier molecular flexibility index (Phi) is 3.12. The number of halogens is 2. The number of rotatable bonds is 2. The van der Waals surface area contributed by atoms with Gasteiger partial charge in [-0.3, -0.25) is 0 Å². The molecule has 0 spiro atoms. The average molecular weight is 308 g/mol. The van der Waals surface area contributed by atoms with Crippen molar-refractivity contribution in [3.05, 3.63) is 72.3 Å². The van der Waals surface area contributed by atoms with E-state index >= 15 is 0 Å². The van der Waals surface area contributed by atoms with Crippen molar-refractivity contribution in [1.29, 1.82) is 0 Å². The Morgan fingerprint density at radius 3 is 2.39 bits per heavy atom. The lowest BCUT2D eigenvalue weighted by Crippen LogP contribution is -1.86. The Bertz CT molecular complexity index is 985. The molecule has 3 nitrogen and oxygen atoms in total. The van der Waals surface area contributed by atoms with E-state index in [1.165, 1.54) is 12.1 Å². The smallest absolute Gasteiger partial charge is 0.258 e. The highest BCUT2D eigenvalue weighted by molar-refractivity contribution is 5.94. The van der Waals surface area contributed by atoms with E-state index in [2.05, 4.69) is 10.1 Å². The Morgan fingerprint density at radius 2 is 1.57 bits per heavy atom. The molecular weight excluding hydrogens is 298 g/mol. The molecule has 0 N–H and O–H groups in total. The second-order valence-corrected chi connectivity index (χ2v) is 5.11. The molecule has 0 radical (unpaired) electrons. The van der Waals surface area contributed by atoms with E-state index in [9.17, 15) is 8.78 Å². The minimum atomic E-state index is -0.684. The topological polar surface area (TPSA) is 38.9 Å². The normalized spacial score (nSPS) is 11.0. The summed E-state index contributed by atoms with van der Waals surface area (Å²) in [5.74, 6) is -0.916. The first-order valence-corrected chi connectivity index (χ1v) is 6.99. The molecule has 0 aliphatic rings. The van der Waals surface area contributed by atoms with Crippen LogP contribution >= 0.6 is 0 Å². The Hall–Kier alpha value is -3.08. The first kappa shape index (κ1) is 13.6. The molecule has 0 amide bonds. The molecule has 0 saturated heterocycles. The van der Waals surface area contributed by atoms with Crippen molar-refractivity contribution < 1.29 is 13.3 Å². The highest BCUT2D eigenvalue weighted by atomic mass is 19.1. The van der Waals surface area contributed by atoms with Crippen LogP contribution in [0.3, 0.4) is 0 Å². The van der Waals surface area contributed by atoms with Crippen LogP contribution in [0.2, 0.25) is 0 Å². The number of aromatic nitrogens is 2. The SMILES string of the molecule is Fc1cc(F)cc(-c2noc(-c3cccc4ccccc34)n2)c1. The third-order valence-electron chi connectivity index (χ3n) is 3.57. The van der Waals surface area contributed by atoms with Gasteiger partial charge in [-0.05, 0) is 29.0 Å². The van der Waals surface area contributed by atoms with E-state index in [0.29, 0.717) is 5.89 Å². The highest BCUT2D eigenvalue weighted by Gasteiger charge is 2.14. The third-order valence-corrected chi connectivity index (χ3v) is 3.57. The van der Waals surface area contributed by atoms with Gasteiger partial charge in [0.2, 0.25) is 5.82 Å². The van der Waals surface area contributed by atoms with Crippen LogP contribution in [-0.4, -0.2) is 10.1 Å². The lowest BCUT2D eigenvalue weighted by Gasteiger charge is -2.01. The first-order valence-electron chi connectivity index (χ1n) is 6.99. The van der Waals surface area contributed by atoms with Gasteiger partial charge in [0.15, 0.2) is 0 Å². The molecule has 4 rings (SSSR count). The number of benzene rings is 3. The molecule has 0 unspecified atom stereocenters. The molecule has 0 aliphatic heterocycles. The maximum Gasteiger partial charge on any atom is 0.258 e. The van der Waals surface area contributed by atoms with Crippen molar-refractivity contribution in [2.24, 2.45) is 0 Å². The van der Waals surface area contributed by atoms with Crippen molar-refractivity contribution in [2.75, 3.05) is 0 Å². The number of hydrogen-bond donors (Lipinski definition) is 0. The monoisotopic (exact) mass is 308 g/mol. The Labute approximate surface area is 130 Å². The van der Waals surface area contributed by atoms with Crippen LogP contribution in [-0.2, 0) is 0 Å². The predicted molar refractivity (Wildman–Crippen MR) is 82.6 cm³/mol. The molecule has 3 aromatic carbocycles. The second kappa shape index (κ2) is 5.28. The summed E-state index contributed by atoms with van der Waals surface area (Å²) in [5, 5.41) is 5.84. The van der Waals surface area contributed by atoms with Crippen LogP contribution in [0.25, 0.3) is 33.6 Å². The third kappa shape index (κ3) is 2.46. The van der Waals surface area contributed by atoms with Crippen molar-refractivity contribution in [1.82, 2.24) is 10.1 Å². The fraction of sp³-hybridized carbons (Fsp3) is 0. The van der Waals surface area contributed by atoms with Gasteiger partial charge in [-0.1, -0.05) is 41.6 Å². The Morgan fingerprint density at radius 1 is 0.826 bits per heavy atom. The number of fused-ring (bicyclic) bond motifs is 1.